The van der Waals surface area contributed by atoms with Crippen molar-refractivity contribution >= 4 is 27.2 Å². The topological polar surface area (TPSA) is 118 Å². The average Bonchev–Trinajstić information content (AvgIpc) is 3.64. The van der Waals surface area contributed by atoms with Gasteiger partial charge < -0.3 is 14.2 Å². The lowest BCUT2D eigenvalue weighted by Crippen LogP contribution is -2.39. The van der Waals surface area contributed by atoms with E-state index in [9.17, 15) is 28.5 Å². The van der Waals surface area contributed by atoms with Gasteiger partial charge in [-0.2, -0.15) is 0 Å². The number of hydrogen-bond acceptors (Lipinski definition) is 9. The maximum absolute atomic E-state index is 14.9. The molecule has 6 rings (SSSR count). The van der Waals surface area contributed by atoms with Crippen LogP contribution in [0.25, 0.3) is 26.3 Å². The highest BCUT2D eigenvalue weighted by Gasteiger charge is 2.26. The Hall–Kier alpha value is -4.92. The SMILES string of the molecule is COCCN(C)Cc1c(-c2ccc([N+](=O)[O-])cc2)sc2c1c(=O)n(-c1ccc3c(c1)OCO3)c(=O)n2Cc1c(F)cccc1F. The monoisotopic (exact) mass is 636 g/mol. The van der Waals surface area contributed by atoms with Crippen molar-refractivity contribution in [3.05, 3.63) is 114 Å². The molecule has 0 atom stereocenters. The molecule has 0 amide bonds. The van der Waals surface area contributed by atoms with Gasteiger partial charge in [-0.15, -0.1) is 11.3 Å². The summed E-state index contributed by atoms with van der Waals surface area (Å²) >= 11 is 1.10. The molecule has 3 aromatic carbocycles. The highest BCUT2D eigenvalue weighted by molar-refractivity contribution is 7.22. The van der Waals surface area contributed by atoms with E-state index in [0.717, 1.165) is 28.0 Å². The summed E-state index contributed by atoms with van der Waals surface area (Å²) < 4.78 is 48.1. The van der Waals surface area contributed by atoms with Crippen molar-refractivity contribution in [3.63, 3.8) is 0 Å². The van der Waals surface area contributed by atoms with Crippen molar-refractivity contribution in [3.8, 4) is 27.6 Å². The van der Waals surface area contributed by atoms with E-state index in [2.05, 4.69) is 0 Å². The number of aromatic nitrogens is 2. The molecule has 11 nitrogen and oxygen atoms in total. The van der Waals surface area contributed by atoms with Crippen LogP contribution in [-0.2, 0) is 17.8 Å². The van der Waals surface area contributed by atoms with Crippen molar-refractivity contribution in [2.75, 3.05) is 34.1 Å². The third-order valence-corrected chi connectivity index (χ3v) is 8.81. The molecule has 0 spiro atoms. The Labute approximate surface area is 258 Å². The van der Waals surface area contributed by atoms with Gasteiger partial charge >= 0.3 is 5.69 Å². The number of methoxy groups -OCH3 is 1. The van der Waals surface area contributed by atoms with Gasteiger partial charge in [0, 0.05) is 48.8 Å². The van der Waals surface area contributed by atoms with Gasteiger partial charge in [-0.25, -0.2) is 18.1 Å². The second kappa shape index (κ2) is 12.2. The quantitative estimate of drug-likeness (QED) is 0.157. The summed E-state index contributed by atoms with van der Waals surface area (Å²) in [5, 5.41) is 11.5. The zero-order valence-corrected chi connectivity index (χ0v) is 24.9. The Morgan fingerprint density at radius 3 is 2.42 bits per heavy atom. The summed E-state index contributed by atoms with van der Waals surface area (Å²) in [5.41, 5.74) is -0.618. The molecular formula is C31H26F2N4O7S. The van der Waals surface area contributed by atoms with Gasteiger partial charge in [0.05, 0.1) is 29.1 Å². The molecular weight excluding hydrogens is 610 g/mol. The zero-order valence-electron chi connectivity index (χ0n) is 24.1. The number of nitro benzene ring substituents is 1. The lowest BCUT2D eigenvalue weighted by molar-refractivity contribution is -0.384. The number of thiophene rings is 1. The molecule has 45 heavy (non-hydrogen) atoms. The minimum atomic E-state index is -0.845. The van der Waals surface area contributed by atoms with Crippen molar-refractivity contribution < 1.29 is 27.9 Å². The summed E-state index contributed by atoms with van der Waals surface area (Å²) in [6.45, 7) is 0.620. The van der Waals surface area contributed by atoms with E-state index >= 15 is 0 Å². The third kappa shape index (κ3) is 5.59. The first-order valence-corrected chi connectivity index (χ1v) is 14.6. The fourth-order valence-corrected chi connectivity index (χ4v) is 6.52. The summed E-state index contributed by atoms with van der Waals surface area (Å²) in [6.07, 6.45) is 0. The van der Waals surface area contributed by atoms with Crippen LogP contribution in [0.5, 0.6) is 11.5 Å². The van der Waals surface area contributed by atoms with Crippen LogP contribution in [0.4, 0.5) is 14.5 Å². The predicted octanol–water partition coefficient (Wildman–Crippen LogP) is 4.92. The number of halogens is 2. The maximum atomic E-state index is 14.9. The van der Waals surface area contributed by atoms with Gasteiger partial charge in [0.1, 0.15) is 16.5 Å². The van der Waals surface area contributed by atoms with Gasteiger partial charge in [-0.1, -0.05) is 6.07 Å². The number of rotatable bonds is 10. The predicted molar refractivity (Wildman–Crippen MR) is 164 cm³/mol. The Bertz CT molecular complexity index is 2040. The first-order chi connectivity index (χ1) is 21.7. The number of benzene rings is 3. The molecule has 0 radical (unpaired) electrons. The van der Waals surface area contributed by atoms with Crippen molar-refractivity contribution in [2.45, 2.75) is 13.1 Å². The van der Waals surface area contributed by atoms with Crippen LogP contribution < -0.4 is 20.7 Å². The van der Waals surface area contributed by atoms with E-state index in [0.29, 0.717) is 40.7 Å². The molecule has 232 valence electrons. The van der Waals surface area contributed by atoms with E-state index in [1.807, 2.05) is 11.9 Å². The molecule has 3 heterocycles. The third-order valence-electron chi connectivity index (χ3n) is 7.51. The molecule has 0 unspecified atom stereocenters. The van der Waals surface area contributed by atoms with Gasteiger partial charge in [0.25, 0.3) is 11.2 Å². The van der Waals surface area contributed by atoms with E-state index < -0.39 is 34.4 Å². The molecule has 0 saturated heterocycles. The fourth-order valence-electron chi connectivity index (χ4n) is 5.22. The Balaban J connectivity index is 1.67. The summed E-state index contributed by atoms with van der Waals surface area (Å²) in [6, 6.07) is 13.9. The molecule has 0 N–H and O–H groups in total. The number of ether oxygens (including phenoxy) is 3. The van der Waals surface area contributed by atoms with Crippen LogP contribution in [0.1, 0.15) is 11.1 Å². The lowest BCUT2D eigenvalue weighted by atomic mass is 10.1. The van der Waals surface area contributed by atoms with E-state index in [-0.39, 0.29) is 40.5 Å². The normalized spacial score (nSPS) is 12.4. The first kappa shape index (κ1) is 30.1. The highest BCUT2D eigenvalue weighted by Crippen LogP contribution is 2.39. The van der Waals surface area contributed by atoms with Gasteiger partial charge in [-0.3, -0.25) is 24.4 Å². The molecule has 5 aromatic rings. The summed E-state index contributed by atoms with van der Waals surface area (Å²) in [5.74, 6) is -0.912. The largest absolute Gasteiger partial charge is 0.454 e. The molecule has 0 bridgehead atoms. The molecule has 2 aromatic heterocycles. The van der Waals surface area contributed by atoms with E-state index in [1.165, 1.54) is 34.9 Å². The Morgan fingerprint density at radius 1 is 1.02 bits per heavy atom. The number of fused-ring (bicyclic) bond motifs is 2. The second-order valence-electron chi connectivity index (χ2n) is 10.4. The van der Waals surface area contributed by atoms with Crippen molar-refractivity contribution in [1.29, 1.82) is 0 Å². The van der Waals surface area contributed by atoms with Crippen LogP contribution in [0.2, 0.25) is 0 Å². The molecule has 14 heteroatoms. The Kier molecular flexibility index (Phi) is 8.18. The van der Waals surface area contributed by atoms with Crippen molar-refractivity contribution in [2.24, 2.45) is 0 Å². The number of hydrogen-bond donors (Lipinski definition) is 0. The molecule has 1 aliphatic heterocycles. The molecule has 0 aliphatic carbocycles. The highest BCUT2D eigenvalue weighted by atomic mass is 32.1. The molecule has 0 fully saturated rings. The Morgan fingerprint density at radius 2 is 1.73 bits per heavy atom. The number of non-ortho nitro benzene ring substituents is 1. The summed E-state index contributed by atoms with van der Waals surface area (Å²) in [7, 11) is 3.41. The molecule has 0 saturated carbocycles. The fraction of sp³-hybridized carbons (Fsp3) is 0.226. The average molecular weight is 637 g/mol. The maximum Gasteiger partial charge on any atom is 0.337 e. The van der Waals surface area contributed by atoms with E-state index in [4.69, 9.17) is 14.2 Å². The van der Waals surface area contributed by atoms with Gasteiger partial charge in [0.15, 0.2) is 11.5 Å². The number of nitrogens with zero attached hydrogens (tertiary/aromatic N) is 4. The zero-order chi connectivity index (χ0) is 31.8. The van der Waals surface area contributed by atoms with E-state index in [1.54, 1.807) is 25.3 Å². The van der Waals surface area contributed by atoms with Crippen LogP contribution in [0, 0.1) is 21.7 Å². The number of likely N-dealkylation sites (N-methyl/N-ethyl adjacent to an activating group) is 1. The molecule has 1 aliphatic rings. The smallest absolute Gasteiger partial charge is 0.337 e. The summed E-state index contributed by atoms with van der Waals surface area (Å²) in [4.78, 5) is 42.1. The minimum absolute atomic E-state index is 0.0232. The lowest BCUT2D eigenvalue weighted by Gasteiger charge is -2.18. The second-order valence-corrected chi connectivity index (χ2v) is 11.4. The van der Waals surface area contributed by atoms with Crippen LogP contribution in [0.3, 0.4) is 0 Å². The van der Waals surface area contributed by atoms with Crippen LogP contribution in [0.15, 0.2) is 70.3 Å². The number of nitro groups is 1. The first-order valence-electron chi connectivity index (χ1n) is 13.7. The van der Waals surface area contributed by atoms with Crippen LogP contribution >= 0.6 is 11.3 Å². The van der Waals surface area contributed by atoms with Crippen molar-refractivity contribution in [1.82, 2.24) is 14.0 Å². The standard InChI is InChI=1S/C31H26F2N4O7S/c1-34(12-13-42-2)15-22-27-29(38)36(20-10-11-25-26(14-20)44-17-43-25)31(39)35(16-21-23(32)4-3-5-24(21)33)30(27)45-28(22)18-6-8-19(9-7-18)37(40)41/h3-11,14H,12-13,15-17H2,1-2H3. The van der Waals surface area contributed by atoms with Gasteiger partial charge in [-0.05, 0) is 54.6 Å². The van der Waals surface area contributed by atoms with Crippen LogP contribution in [-0.4, -0.2) is 53.1 Å². The minimum Gasteiger partial charge on any atom is -0.454 e. The van der Waals surface area contributed by atoms with Gasteiger partial charge in [0.2, 0.25) is 6.79 Å².